The van der Waals surface area contributed by atoms with Crippen LogP contribution in [-0.4, -0.2) is 28.6 Å². The molecule has 6 heteroatoms. The first-order valence-electron chi connectivity index (χ1n) is 9.78. The number of hydrogen-bond donors (Lipinski definition) is 0. The number of benzene rings is 2. The number of thioether (sulfide) groups is 1. The molecule has 3 rings (SSSR count). The highest BCUT2D eigenvalue weighted by molar-refractivity contribution is 9.10. The Morgan fingerprint density at radius 2 is 1.93 bits per heavy atom. The fourth-order valence-electron chi connectivity index (χ4n) is 3.32. The van der Waals surface area contributed by atoms with Crippen molar-refractivity contribution in [1.29, 1.82) is 0 Å². The number of aromatic nitrogens is 1. The number of aldehydes is 1. The molecule has 1 heterocycles. The van der Waals surface area contributed by atoms with Gasteiger partial charge in [0.25, 0.3) is 0 Å². The van der Waals surface area contributed by atoms with Crippen molar-refractivity contribution in [2.24, 2.45) is 0 Å². The molecule has 156 valence electrons. The highest BCUT2D eigenvalue weighted by Crippen LogP contribution is 2.32. The minimum atomic E-state index is -1.07. The number of fused-ring (bicyclic) bond motifs is 1. The molecule has 0 aliphatic carbocycles. The van der Waals surface area contributed by atoms with Crippen LogP contribution in [0.1, 0.15) is 37.9 Å². The van der Waals surface area contributed by atoms with Crippen LogP contribution in [-0.2, 0) is 20.7 Å². The third kappa shape index (κ3) is 5.49. The molecule has 0 bridgehead atoms. The quantitative estimate of drug-likeness (QED) is 0.170. The molecular weight excluding hydrogens is 462 g/mol. The number of hydrogen-bond acceptors (Lipinski definition) is 5. The fourth-order valence-corrected chi connectivity index (χ4v) is 4.51. The van der Waals surface area contributed by atoms with E-state index < -0.39 is 17.5 Å². The van der Waals surface area contributed by atoms with Crippen LogP contribution in [0, 0.1) is 0 Å². The van der Waals surface area contributed by atoms with Crippen molar-refractivity contribution in [3.05, 3.63) is 70.3 Å². The van der Waals surface area contributed by atoms with Crippen molar-refractivity contribution >= 4 is 50.9 Å². The molecule has 0 radical (unpaired) electrons. The summed E-state index contributed by atoms with van der Waals surface area (Å²) in [6.45, 7) is 5.73. The van der Waals surface area contributed by atoms with Gasteiger partial charge in [0, 0.05) is 21.2 Å². The van der Waals surface area contributed by atoms with Gasteiger partial charge < -0.3 is 9.53 Å². The van der Waals surface area contributed by atoms with Crippen LogP contribution in [0.5, 0.6) is 0 Å². The highest BCUT2D eigenvalue weighted by Gasteiger charge is 2.32. The number of rotatable bonds is 8. The summed E-state index contributed by atoms with van der Waals surface area (Å²) in [5, 5.41) is 0.959. The summed E-state index contributed by atoms with van der Waals surface area (Å²) < 4.78 is 6.68. The van der Waals surface area contributed by atoms with Crippen LogP contribution in [0.2, 0.25) is 0 Å². The van der Waals surface area contributed by atoms with Gasteiger partial charge in [-0.15, -0.1) is 11.8 Å². The zero-order chi connectivity index (χ0) is 21.7. The van der Waals surface area contributed by atoms with Gasteiger partial charge in [0.2, 0.25) is 0 Å². The lowest BCUT2D eigenvalue weighted by Gasteiger charge is -2.27. The van der Waals surface area contributed by atoms with Gasteiger partial charge in [-0.1, -0.05) is 59.3 Å². The third-order valence-corrected chi connectivity index (χ3v) is 6.03. The first kappa shape index (κ1) is 22.5. The Kier molecular flexibility index (Phi) is 7.32. The molecule has 0 amide bonds. The summed E-state index contributed by atoms with van der Waals surface area (Å²) in [4.78, 5) is 30.5. The van der Waals surface area contributed by atoms with Crippen molar-refractivity contribution in [2.45, 2.75) is 43.6 Å². The number of carbonyl (C=O) groups is 2. The van der Waals surface area contributed by atoms with Gasteiger partial charge in [-0.25, -0.2) is 0 Å². The molecule has 3 aromatic rings. The number of nitrogens with zero attached hydrogens (tertiary/aromatic N) is 1. The van der Waals surface area contributed by atoms with Crippen molar-refractivity contribution in [3.8, 4) is 0 Å². The topological polar surface area (TPSA) is 56.3 Å². The molecule has 4 nitrogen and oxygen atoms in total. The van der Waals surface area contributed by atoms with E-state index in [-0.39, 0.29) is 0 Å². The molecule has 0 N–H and O–H groups in total. The molecular formula is C24H24BrNO3S. The van der Waals surface area contributed by atoms with E-state index in [1.54, 1.807) is 11.8 Å². The van der Waals surface area contributed by atoms with Gasteiger partial charge in [0.05, 0.1) is 11.2 Å². The highest BCUT2D eigenvalue weighted by atomic mass is 79.9. The second-order valence-electron chi connectivity index (χ2n) is 7.60. The predicted octanol–water partition coefficient (Wildman–Crippen LogP) is 5.96. The smallest absolute Gasteiger partial charge is 0.322 e. The summed E-state index contributed by atoms with van der Waals surface area (Å²) in [6.07, 6.45) is 1.19. The van der Waals surface area contributed by atoms with Gasteiger partial charge in [0.15, 0.2) is 5.92 Å². The lowest BCUT2D eigenvalue weighted by molar-refractivity contribution is -0.158. The molecule has 0 aliphatic rings. The average molecular weight is 486 g/mol. The van der Waals surface area contributed by atoms with Crippen molar-refractivity contribution in [3.63, 3.8) is 0 Å². The molecule has 0 spiro atoms. The van der Waals surface area contributed by atoms with E-state index in [9.17, 15) is 9.59 Å². The maximum Gasteiger partial charge on any atom is 0.322 e. The van der Waals surface area contributed by atoms with Crippen LogP contribution >= 0.6 is 27.7 Å². The Balaban J connectivity index is 1.91. The second kappa shape index (κ2) is 9.75. The summed E-state index contributed by atoms with van der Waals surface area (Å²) in [6, 6.07) is 17.6. The minimum Gasteiger partial charge on any atom is -0.458 e. The molecule has 0 saturated carbocycles. The first-order valence-corrected chi connectivity index (χ1v) is 11.6. The number of halogens is 1. The molecule has 1 aromatic heterocycles. The SMILES string of the molecule is CCSc1cc2ccc(Br)cc2nc1C(C=O)C(=O)OC(C)(C)Cc1ccccc1. The second-order valence-corrected chi connectivity index (χ2v) is 9.82. The van der Waals surface area contributed by atoms with Gasteiger partial charge in [-0.3, -0.25) is 9.78 Å². The van der Waals surface area contributed by atoms with Crippen molar-refractivity contribution < 1.29 is 14.3 Å². The molecule has 1 unspecified atom stereocenters. The molecule has 0 saturated heterocycles. The number of ether oxygens (including phenoxy) is 1. The summed E-state index contributed by atoms with van der Waals surface area (Å²) in [7, 11) is 0. The van der Waals surface area contributed by atoms with E-state index >= 15 is 0 Å². The van der Waals surface area contributed by atoms with E-state index in [1.807, 2.05) is 75.4 Å². The Morgan fingerprint density at radius 3 is 2.60 bits per heavy atom. The summed E-state index contributed by atoms with van der Waals surface area (Å²) in [5.41, 5.74) is 1.48. The van der Waals surface area contributed by atoms with E-state index in [0.717, 1.165) is 31.6 Å². The van der Waals surface area contributed by atoms with Crippen LogP contribution in [0.25, 0.3) is 10.9 Å². The normalized spacial score (nSPS) is 12.5. The Labute approximate surface area is 189 Å². The van der Waals surface area contributed by atoms with Crippen LogP contribution in [0.15, 0.2) is 64.0 Å². The van der Waals surface area contributed by atoms with Crippen LogP contribution in [0.4, 0.5) is 0 Å². The number of carbonyl (C=O) groups excluding carboxylic acids is 2. The number of esters is 1. The lowest BCUT2D eigenvalue weighted by Crippen LogP contribution is -2.33. The van der Waals surface area contributed by atoms with E-state index in [2.05, 4.69) is 20.9 Å². The van der Waals surface area contributed by atoms with Gasteiger partial charge in [0.1, 0.15) is 11.9 Å². The summed E-state index contributed by atoms with van der Waals surface area (Å²) >= 11 is 5.02. The zero-order valence-electron chi connectivity index (χ0n) is 17.2. The van der Waals surface area contributed by atoms with E-state index in [0.29, 0.717) is 18.4 Å². The largest absolute Gasteiger partial charge is 0.458 e. The summed E-state index contributed by atoms with van der Waals surface area (Å²) in [5.74, 6) is -0.847. The van der Waals surface area contributed by atoms with Crippen molar-refractivity contribution in [1.82, 2.24) is 4.98 Å². The van der Waals surface area contributed by atoms with Gasteiger partial charge >= 0.3 is 5.97 Å². The Hall–Kier alpha value is -2.18. The van der Waals surface area contributed by atoms with Crippen LogP contribution < -0.4 is 0 Å². The van der Waals surface area contributed by atoms with Gasteiger partial charge in [-0.2, -0.15) is 0 Å². The maximum absolute atomic E-state index is 13.0. The minimum absolute atomic E-state index is 0.447. The van der Waals surface area contributed by atoms with Crippen LogP contribution in [0.3, 0.4) is 0 Å². The Bertz CT molecular complexity index is 1050. The molecule has 0 aliphatic heterocycles. The Morgan fingerprint density at radius 1 is 1.20 bits per heavy atom. The first-order chi connectivity index (χ1) is 14.3. The van der Waals surface area contributed by atoms with Crippen molar-refractivity contribution in [2.75, 3.05) is 5.75 Å². The lowest BCUT2D eigenvalue weighted by atomic mass is 9.97. The van der Waals surface area contributed by atoms with Gasteiger partial charge in [-0.05, 0) is 43.4 Å². The predicted molar refractivity (Wildman–Crippen MR) is 125 cm³/mol. The molecule has 30 heavy (non-hydrogen) atoms. The molecule has 2 aromatic carbocycles. The molecule has 1 atom stereocenters. The average Bonchev–Trinajstić information content (AvgIpc) is 2.69. The van der Waals surface area contributed by atoms with E-state index in [4.69, 9.17) is 4.74 Å². The fraction of sp³-hybridized carbons (Fsp3) is 0.292. The molecule has 0 fully saturated rings. The third-order valence-electron chi connectivity index (χ3n) is 4.61. The maximum atomic E-state index is 13.0. The monoisotopic (exact) mass is 485 g/mol. The zero-order valence-corrected chi connectivity index (χ0v) is 19.6. The standard InChI is InChI=1S/C24H24BrNO3S/c1-4-30-21-12-17-10-11-18(25)13-20(17)26-22(21)19(15-27)23(28)29-24(2,3)14-16-8-6-5-7-9-16/h5-13,15,19H,4,14H2,1-3H3. The van der Waals surface area contributed by atoms with E-state index in [1.165, 1.54) is 0 Å². The number of pyridine rings is 1.